The van der Waals surface area contributed by atoms with E-state index in [1.54, 1.807) is 11.3 Å². The zero-order chi connectivity index (χ0) is 15.0. The molecular weight excluding hydrogens is 284 g/mol. The zero-order valence-electron chi connectivity index (χ0n) is 12.8. The van der Waals surface area contributed by atoms with Crippen LogP contribution in [0.4, 0.5) is 5.82 Å². The van der Waals surface area contributed by atoms with Gasteiger partial charge in [-0.3, -0.25) is 9.80 Å². The van der Waals surface area contributed by atoms with Crippen molar-refractivity contribution < 1.29 is 0 Å². The predicted octanol–water partition coefficient (Wildman–Crippen LogP) is 1.50. The lowest BCUT2D eigenvalue weighted by atomic mass is 10.00. The third kappa shape index (κ3) is 2.87. The summed E-state index contributed by atoms with van der Waals surface area (Å²) in [6.45, 7) is 8.43. The number of piperazine rings is 1. The first kappa shape index (κ1) is 14.6. The molecule has 21 heavy (non-hydrogen) atoms. The van der Waals surface area contributed by atoms with E-state index in [0.29, 0.717) is 5.82 Å². The topological polar surface area (TPSA) is 70.3 Å². The maximum Gasteiger partial charge on any atom is 0.152 e. The Morgan fingerprint density at radius 1 is 1.38 bits per heavy atom. The molecule has 0 saturated carbocycles. The van der Waals surface area contributed by atoms with Gasteiger partial charge in [-0.2, -0.15) is 0 Å². The van der Waals surface area contributed by atoms with E-state index in [1.807, 2.05) is 11.4 Å². The molecule has 114 valence electrons. The Labute approximate surface area is 128 Å². The summed E-state index contributed by atoms with van der Waals surface area (Å²) in [5, 5.41) is 3.01. The number of nitrogens with two attached hydrogens (primary N) is 1. The van der Waals surface area contributed by atoms with Gasteiger partial charge in [0, 0.05) is 25.2 Å². The minimum absolute atomic E-state index is 0.181. The second kappa shape index (κ2) is 5.49. The van der Waals surface area contributed by atoms with E-state index < -0.39 is 0 Å². The highest BCUT2D eigenvalue weighted by Gasteiger charge is 2.31. The van der Waals surface area contributed by atoms with Crippen molar-refractivity contribution in [2.24, 2.45) is 5.84 Å². The summed E-state index contributed by atoms with van der Waals surface area (Å²) in [4.78, 5) is 15.0. The summed E-state index contributed by atoms with van der Waals surface area (Å²) in [6, 6.07) is 2.00. The molecule has 1 aliphatic rings. The van der Waals surface area contributed by atoms with Gasteiger partial charge in [-0.1, -0.05) is 0 Å². The molecule has 0 bridgehead atoms. The summed E-state index contributed by atoms with van der Waals surface area (Å²) in [5.41, 5.74) is 2.87. The molecule has 0 radical (unpaired) electrons. The number of nitrogens with zero attached hydrogens (tertiary/aromatic N) is 4. The minimum Gasteiger partial charge on any atom is -0.308 e. The first-order valence-electron chi connectivity index (χ1n) is 7.14. The number of nitrogen functional groups attached to an aromatic ring is 1. The fraction of sp³-hybridized carbons (Fsp3) is 0.571. The van der Waals surface area contributed by atoms with Crippen molar-refractivity contribution in [2.75, 3.05) is 32.1 Å². The minimum atomic E-state index is 0.181. The lowest BCUT2D eigenvalue weighted by molar-refractivity contribution is 0.0348. The van der Waals surface area contributed by atoms with Crippen LogP contribution in [0.25, 0.3) is 10.2 Å². The van der Waals surface area contributed by atoms with Gasteiger partial charge in [-0.15, -0.1) is 11.3 Å². The highest BCUT2D eigenvalue weighted by Crippen LogP contribution is 2.25. The molecule has 1 fully saturated rings. The van der Waals surface area contributed by atoms with Crippen molar-refractivity contribution in [2.45, 2.75) is 25.9 Å². The molecule has 3 heterocycles. The quantitative estimate of drug-likeness (QED) is 0.661. The largest absolute Gasteiger partial charge is 0.308 e. The average Bonchev–Trinajstić information content (AvgIpc) is 2.90. The van der Waals surface area contributed by atoms with Crippen molar-refractivity contribution in [3.05, 3.63) is 17.3 Å². The lowest BCUT2D eigenvalue weighted by Gasteiger charge is -2.45. The highest BCUT2D eigenvalue weighted by molar-refractivity contribution is 7.16. The Balaban J connectivity index is 1.82. The molecule has 0 unspecified atom stereocenters. The number of aromatic nitrogens is 2. The van der Waals surface area contributed by atoms with Crippen LogP contribution in [0.5, 0.6) is 0 Å². The van der Waals surface area contributed by atoms with E-state index in [2.05, 4.69) is 46.1 Å². The van der Waals surface area contributed by atoms with Crippen LogP contribution in [-0.4, -0.2) is 52.0 Å². The average molecular weight is 306 g/mol. The molecule has 2 aromatic rings. The van der Waals surface area contributed by atoms with E-state index in [9.17, 15) is 0 Å². The Kier molecular flexibility index (Phi) is 3.83. The van der Waals surface area contributed by atoms with Crippen molar-refractivity contribution >= 4 is 27.4 Å². The maximum atomic E-state index is 5.58. The maximum absolute atomic E-state index is 5.58. The van der Waals surface area contributed by atoms with E-state index in [1.165, 1.54) is 0 Å². The van der Waals surface area contributed by atoms with Crippen LogP contribution in [0.15, 0.2) is 11.4 Å². The number of fused-ring (bicyclic) bond motifs is 1. The molecule has 0 atom stereocenters. The number of anilines is 1. The normalized spacial score (nSPS) is 20.0. The fourth-order valence-electron chi connectivity index (χ4n) is 2.76. The number of hydrogen-bond donors (Lipinski definition) is 2. The number of rotatable bonds is 3. The van der Waals surface area contributed by atoms with Crippen molar-refractivity contribution in [3.63, 3.8) is 0 Å². The smallest absolute Gasteiger partial charge is 0.152 e. The van der Waals surface area contributed by atoms with Crippen LogP contribution in [0.2, 0.25) is 0 Å². The number of likely N-dealkylation sites (N-methyl/N-ethyl adjacent to an activating group) is 1. The van der Waals surface area contributed by atoms with Gasteiger partial charge >= 0.3 is 0 Å². The number of hydrazine groups is 1. The van der Waals surface area contributed by atoms with Gasteiger partial charge in [0.2, 0.25) is 0 Å². The van der Waals surface area contributed by atoms with Crippen LogP contribution >= 0.6 is 11.3 Å². The fourth-order valence-corrected chi connectivity index (χ4v) is 3.54. The summed E-state index contributed by atoms with van der Waals surface area (Å²) in [6.07, 6.45) is 0. The summed E-state index contributed by atoms with van der Waals surface area (Å²) in [5.74, 6) is 7.13. The van der Waals surface area contributed by atoms with E-state index in [-0.39, 0.29) is 5.54 Å². The molecule has 2 aromatic heterocycles. The lowest BCUT2D eigenvalue weighted by Crippen LogP contribution is -2.57. The Bertz CT molecular complexity index is 637. The summed E-state index contributed by atoms with van der Waals surface area (Å²) < 4.78 is 0. The van der Waals surface area contributed by atoms with Gasteiger partial charge in [-0.05, 0) is 32.3 Å². The molecule has 0 aromatic carbocycles. The molecule has 3 N–H and O–H groups in total. The van der Waals surface area contributed by atoms with Crippen molar-refractivity contribution in [1.82, 2.24) is 19.8 Å². The summed E-state index contributed by atoms with van der Waals surface area (Å²) >= 11 is 1.62. The monoisotopic (exact) mass is 306 g/mol. The van der Waals surface area contributed by atoms with Crippen LogP contribution in [0.3, 0.4) is 0 Å². The van der Waals surface area contributed by atoms with Crippen LogP contribution < -0.4 is 11.3 Å². The van der Waals surface area contributed by atoms with E-state index in [0.717, 1.165) is 42.2 Å². The van der Waals surface area contributed by atoms with Gasteiger partial charge in [0.1, 0.15) is 10.7 Å². The molecule has 0 spiro atoms. The Morgan fingerprint density at radius 3 is 2.90 bits per heavy atom. The van der Waals surface area contributed by atoms with Crippen molar-refractivity contribution in [3.8, 4) is 0 Å². The molecule has 0 amide bonds. The van der Waals surface area contributed by atoms with Gasteiger partial charge in [0.15, 0.2) is 5.82 Å². The third-order valence-corrected chi connectivity index (χ3v) is 5.08. The highest BCUT2D eigenvalue weighted by atomic mass is 32.1. The van der Waals surface area contributed by atoms with Crippen LogP contribution in [0.1, 0.15) is 19.7 Å². The van der Waals surface area contributed by atoms with Crippen LogP contribution in [-0.2, 0) is 6.54 Å². The zero-order valence-corrected chi connectivity index (χ0v) is 13.6. The Morgan fingerprint density at radius 2 is 2.19 bits per heavy atom. The second-order valence-electron chi connectivity index (χ2n) is 6.22. The predicted molar refractivity (Wildman–Crippen MR) is 87.2 cm³/mol. The molecule has 3 rings (SSSR count). The van der Waals surface area contributed by atoms with Gasteiger partial charge in [-0.25, -0.2) is 15.8 Å². The molecule has 7 heteroatoms. The first-order valence-corrected chi connectivity index (χ1v) is 8.02. The number of thiophene rings is 1. The summed E-state index contributed by atoms with van der Waals surface area (Å²) in [7, 11) is 2.18. The van der Waals surface area contributed by atoms with E-state index in [4.69, 9.17) is 5.84 Å². The molecule has 1 saturated heterocycles. The molecule has 6 nitrogen and oxygen atoms in total. The van der Waals surface area contributed by atoms with Crippen molar-refractivity contribution in [1.29, 1.82) is 0 Å². The molecule has 1 aliphatic heterocycles. The Hall–Kier alpha value is -1.28. The number of hydrogen-bond acceptors (Lipinski definition) is 7. The van der Waals surface area contributed by atoms with Gasteiger partial charge < -0.3 is 5.43 Å². The van der Waals surface area contributed by atoms with Crippen LogP contribution in [0, 0.1) is 0 Å². The molecular formula is C14H22N6S. The number of nitrogens with one attached hydrogen (secondary N) is 1. The van der Waals surface area contributed by atoms with Gasteiger partial charge in [0.05, 0.1) is 11.9 Å². The SMILES string of the molecule is CN1CCN(Cc2nc(NN)c3ccsc3n2)CC1(C)C. The van der Waals surface area contributed by atoms with Gasteiger partial charge in [0.25, 0.3) is 0 Å². The first-order chi connectivity index (χ1) is 9.99. The third-order valence-electron chi connectivity index (χ3n) is 4.27. The molecule has 0 aliphatic carbocycles. The standard InChI is InChI=1S/C14H22N6S/c1-14(2)9-20(6-5-19(14)3)8-11-16-12(18-15)10-4-7-21-13(10)17-11/h4,7H,5-6,8-9,15H2,1-3H3,(H,16,17,18). The second-order valence-corrected chi connectivity index (χ2v) is 7.11. The van der Waals surface area contributed by atoms with E-state index >= 15 is 0 Å².